The molecule has 100 heavy (non-hydrogen) atoms. The van der Waals surface area contributed by atoms with Crippen LogP contribution in [0.3, 0.4) is 0 Å². The van der Waals surface area contributed by atoms with E-state index in [0.29, 0.717) is 29.6 Å². The Kier molecular flexibility index (Phi) is 28.8. The molecule has 0 bridgehead atoms. The average Bonchev–Trinajstić information content (AvgIpc) is 0.785. The van der Waals surface area contributed by atoms with Crippen LogP contribution in [-0.2, 0) is 64.7 Å². The predicted octanol–water partition coefficient (Wildman–Crippen LogP) is 20.9. The lowest BCUT2D eigenvalue weighted by molar-refractivity contribution is -0.659. The van der Waals surface area contributed by atoms with Crippen molar-refractivity contribution >= 4 is 53.0 Å². The predicted molar refractivity (Wildman–Crippen MR) is 453 cm³/mol. The van der Waals surface area contributed by atoms with E-state index in [0.717, 1.165) is 25.7 Å². The van der Waals surface area contributed by atoms with Crippen molar-refractivity contribution in [2.75, 3.05) is 0 Å². The molecule has 0 aliphatic carbocycles. The molecule has 0 spiro atoms. The maximum atomic E-state index is 2.48. The summed E-state index contributed by atoms with van der Waals surface area (Å²) in [6.45, 7) is 77.4. The Balaban J connectivity index is 0.000000241. The van der Waals surface area contributed by atoms with Gasteiger partial charge in [0.25, 0.3) is 0 Å². The first-order valence-corrected chi connectivity index (χ1v) is 52.2. The molecule has 544 valence electrons. The van der Waals surface area contributed by atoms with E-state index in [1.807, 2.05) is 0 Å². The molecule has 4 aromatic carbocycles. The minimum absolute atomic E-state index is 0.151. The Morgan fingerprint density at radius 3 is 1.00 bits per heavy atom. The molecule has 4 aromatic heterocycles. The van der Waals surface area contributed by atoms with Crippen LogP contribution in [0, 0.1) is 58.3 Å². The summed E-state index contributed by atoms with van der Waals surface area (Å²) in [5.41, 5.74) is 28.3. The van der Waals surface area contributed by atoms with Crippen LogP contribution in [0.1, 0.15) is 183 Å². The van der Waals surface area contributed by atoms with Gasteiger partial charge in [0.05, 0.1) is 32.3 Å². The Hall–Kier alpha value is -5.65. The lowest BCUT2D eigenvalue weighted by Crippen LogP contribution is -2.49. The van der Waals surface area contributed by atoms with E-state index in [9.17, 15) is 0 Å². The van der Waals surface area contributed by atoms with E-state index < -0.39 is 32.3 Å². The van der Waals surface area contributed by atoms with Crippen molar-refractivity contribution in [1.29, 1.82) is 0 Å². The summed E-state index contributed by atoms with van der Waals surface area (Å²) in [5.74, 6) is 3.29. The number of aryl methyl sites for hydroxylation is 9. The molecule has 4 nitrogen and oxygen atoms in total. The van der Waals surface area contributed by atoms with Crippen molar-refractivity contribution in [3.05, 3.63) is 189 Å². The summed E-state index contributed by atoms with van der Waals surface area (Å²) in [5, 5.41) is 6.38. The van der Waals surface area contributed by atoms with Gasteiger partial charge in [-0.1, -0.05) is 243 Å². The Morgan fingerprint density at radius 1 is 0.320 bits per heavy atom. The molecular weight excluding hydrogens is 1270 g/mol. The molecule has 0 atom stereocenters. The first-order valence-electron chi connectivity index (χ1n) is 38.2. The lowest BCUT2D eigenvalue weighted by Gasteiger charge is -2.28. The summed E-state index contributed by atoms with van der Waals surface area (Å²) in [6.07, 6.45) is 14.3. The van der Waals surface area contributed by atoms with Gasteiger partial charge in [0, 0.05) is 67.3 Å². The van der Waals surface area contributed by atoms with Gasteiger partial charge in [0.2, 0.25) is 22.8 Å². The quantitative estimate of drug-likeness (QED) is 0.0638. The molecule has 0 saturated carbocycles. The van der Waals surface area contributed by atoms with Gasteiger partial charge < -0.3 is 0 Å². The number of pyridine rings is 4. The first kappa shape index (κ1) is 85.0. The molecule has 0 amide bonds. The van der Waals surface area contributed by atoms with Crippen molar-refractivity contribution in [1.82, 2.24) is 0 Å². The normalized spacial score (nSPS) is 12.5. The molecular formula is C92H144N4Si4+4. The number of benzene rings is 4. The molecule has 8 rings (SSSR count). The van der Waals surface area contributed by atoms with Crippen LogP contribution in [0.15, 0.2) is 122 Å². The Labute approximate surface area is 619 Å². The molecule has 0 radical (unpaired) electrons. The molecule has 8 aromatic rings. The number of hydrogen-bond acceptors (Lipinski definition) is 0. The van der Waals surface area contributed by atoms with E-state index in [4.69, 9.17) is 0 Å². The highest BCUT2D eigenvalue weighted by atomic mass is 28.3. The van der Waals surface area contributed by atoms with Crippen molar-refractivity contribution < 1.29 is 18.3 Å². The van der Waals surface area contributed by atoms with Crippen molar-refractivity contribution in [2.24, 2.45) is 51.9 Å². The lowest BCUT2D eigenvalue weighted by atomic mass is 9.84. The minimum atomic E-state index is -1.41. The Bertz CT molecular complexity index is 4100. The van der Waals surface area contributed by atoms with E-state index in [-0.39, 0.29) is 10.8 Å². The highest BCUT2D eigenvalue weighted by Gasteiger charge is 2.34. The fourth-order valence-corrected chi connectivity index (χ4v) is 21.1. The van der Waals surface area contributed by atoms with Crippen molar-refractivity contribution in [3.8, 4) is 45.0 Å². The molecule has 8 heteroatoms. The van der Waals surface area contributed by atoms with Crippen LogP contribution in [-0.4, -0.2) is 32.3 Å². The molecule has 0 aliphatic heterocycles. The van der Waals surface area contributed by atoms with E-state index in [2.05, 4.69) is 392 Å². The van der Waals surface area contributed by atoms with Crippen LogP contribution < -0.4 is 39.0 Å². The van der Waals surface area contributed by atoms with Gasteiger partial charge in [0.15, 0.2) is 24.8 Å². The zero-order valence-electron chi connectivity index (χ0n) is 71.1. The van der Waals surface area contributed by atoms with E-state index >= 15 is 0 Å². The molecule has 0 fully saturated rings. The second-order valence-corrected chi connectivity index (χ2v) is 58.5. The van der Waals surface area contributed by atoms with Crippen LogP contribution in [0.2, 0.25) is 78.6 Å². The average molecular weight is 1420 g/mol. The number of aromatic nitrogens is 4. The molecule has 0 saturated heterocycles. The minimum Gasteiger partial charge on any atom is -0.201 e. The molecule has 0 aliphatic rings. The molecule has 4 heterocycles. The number of nitrogens with zero attached hydrogens (tertiary/aromatic N) is 4. The third-order valence-corrected chi connectivity index (χ3v) is 28.0. The molecule has 0 N–H and O–H groups in total. The fourth-order valence-electron chi connectivity index (χ4n) is 14.1. The third-order valence-electron chi connectivity index (χ3n) is 19.7. The SMILES string of the molecule is Cc1cc(C(C)(C)C)ccc1-c1cc(C(C)(C)C)c([Si](C)(C)C)c[n+]1C.Cc1ccc(C(C)C)cc1-c1cc(CC(C)C)c([Si](C)(C)C)c[n+]1C.Cc1ccc(C)c(-c2cc(CC(C)C)c([Si](C)(C)C)c[n+]2C)c1.Cc1ccc(CC(C)C)cc1-c1cc(CC(C)C)c([Si](C)(C)C)c[n+]1C. The standard InChI is InChI=1S/2C24H38NSi.C23H36NSi.C21H32NSi/c1-17-14-18(23(2,3)4)12-13-19(17)21-15-20(24(5,6)7)22(16-25(21)8)26(9,10)11;1-17(2)12-20-11-10-19(5)22(14-20)23-15-21(13-18(3)4)24(16-25(23)6)26(7,8)9;1-16(2)12-20-14-22(24(6)15-23(20)25(7,8)9)21-13-19(17(3)4)11-10-18(21)5;1-15(2)11-18-13-20(19-12-16(3)9-10-17(19)4)22(5)14-21(18)23(6,7)8/h12-16H,1-11H3;10-11,14-18H,12-13H2,1-9H3;10-11,13-17H,12H2,1-9H3;9-10,12-15H,11H2,1-8H3/q4*+1. The smallest absolute Gasteiger partial charge is 0.201 e. The van der Waals surface area contributed by atoms with Gasteiger partial charge in [-0.25, -0.2) is 18.3 Å². The van der Waals surface area contributed by atoms with Crippen LogP contribution in [0.5, 0.6) is 0 Å². The zero-order valence-corrected chi connectivity index (χ0v) is 75.1. The largest absolute Gasteiger partial charge is 0.212 e. The van der Waals surface area contributed by atoms with Gasteiger partial charge in [-0.2, -0.15) is 0 Å². The topological polar surface area (TPSA) is 15.5 Å². The van der Waals surface area contributed by atoms with E-state index in [1.54, 1.807) is 37.4 Å². The summed E-state index contributed by atoms with van der Waals surface area (Å²) < 4.78 is 9.38. The summed E-state index contributed by atoms with van der Waals surface area (Å²) in [7, 11) is 3.33. The van der Waals surface area contributed by atoms with Crippen molar-refractivity contribution in [2.45, 2.75) is 266 Å². The van der Waals surface area contributed by atoms with Gasteiger partial charge in [-0.15, -0.1) is 0 Å². The fraction of sp³-hybridized carbons (Fsp3) is 0.522. The van der Waals surface area contributed by atoms with Gasteiger partial charge in [-0.05, 0) is 186 Å². The van der Waals surface area contributed by atoms with E-state index in [1.165, 1.54) is 95.1 Å². The monoisotopic (exact) mass is 1420 g/mol. The van der Waals surface area contributed by atoms with Gasteiger partial charge in [0.1, 0.15) is 28.2 Å². The highest BCUT2D eigenvalue weighted by molar-refractivity contribution is 6.90. The summed E-state index contributed by atoms with van der Waals surface area (Å²) >= 11 is 0. The van der Waals surface area contributed by atoms with Crippen LogP contribution >= 0.6 is 0 Å². The second-order valence-electron chi connectivity index (χ2n) is 38.3. The summed E-state index contributed by atoms with van der Waals surface area (Å²) in [4.78, 5) is 0. The van der Waals surface area contributed by atoms with Crippen LogP contribution in [0.25, 0.3) is 45.0 Å². The summed E-state index contributed by atoms with van der Waals surface area (Å²) in [6, 6.07) is 37.5. The van der Waals surface area contributed by atoms with Crippen LogP contribution in [0.4, 0.5) is 0 Å². The van der Waals surface area contributed by atoms with Crippen molar-refractivity contribution in [3.63, 3.8) is 0 Å². The maximum Gasteiger partial charge on any atom is 0.212 e. The maximum absolute atomic E-state index is 2.48. The number of hydrogen-bond donors (Lipinski definition) is 0. The first-order chi connectivity index (χ1) is 45.7. The van der Waals surface area contributed by atoms with Gasteiger partial charge >= 0.3 is 0 Å². The zero-order chi connectivity index (χ0) is 76.0. The third kappa shape index (κ3) is 23.2. The highest BCUT2D eigenvalue weighted by Crippen LogP contribution is 2.33. The molecule has 0 unspecified atom stereocenters. The van der Waals surface area contributed by atoms with Gasteiger partial charge in [-0.3, -0.25) is 0 Å². The second kappa shape index (κ2) is 33.9. The number of rotatable bonds is 17. The Morgan fingerprint density at radius 2 is 0.660 bits per heavy atom.